The van der Waals surface area contributed by atoms with Crippen LogP contribution in [-0.4, -0.2) is 26.5 Å². The Labute approximate surface area is 119 Å². The second-order valence-corrected chi connectivity index (χ2v) is 5.27. The summed E-state index contributed by atoms with van der Waals surface area (Å²) in [5.74, 6) is 2.09. The quantitative estimate of drug-likeness (QED) is 0.648. The maximum absolute atomic E-state index is 4.44. The van der Waals surface area contributed by atoms with E-state index in [2.05, 4.69) is 25.3 Å². The first-order valence-corrected chi connectivity index (χ1v) is 7.48. The molecule has 2 N–H and O–H groups in total. The lowest BCUT2D eigenvalue weighted by Crippen LogP contribution is -2.10. The van der Waals surface area contributed by atoms with E-state index >= 15 is 0 Å². The van der Waals surface area contributed by atoms with Crippen molar-refractivity contribution in [1.29, 1.82) is 0 Å². The van der Waals surface area contributed by atoms with Crippen LogP contribution in [0.3, 0.4) is 0 Å². The molecule has 0 aliphatic heterocycles. The van der Waals surface area contributed by atoms with E-state index in [4.69, 9.17) is 0 Å². The third-order valence-electron chi connectivity index (χ3n) is 3.81. The molecule has 2 aromatic rings. The van der Waals surface area contributed by atoms with E-state index in [1.54, 1.807) is 12.5 Å². The van der Waals surface area contributed by atoms with Crippen molar-refractivity contribution in [1.82, 2.24) is 19.9 Å². The number of anilines is 1. The second-order valence-electron chi connectivity index (χ2n) is 5.27. The van der Waals surface area contributed by atoms with Gasteiger partial charge in [-0.3, -0.25) is 0 Å². The topological polar surface area (TPSA) is 66.5 Å². The largest absolute Gasteiger partial charge is 0.370 e. The Morgan fingerprint density at radius 2 is 2.05 bits per heavy atom. The van der Waals surface area contributed by atoms with Crippen molar-refractivity contribution < 1.29 is 0 Å². The van der Waals surface area contributed by atoms with Crippen LogP contribution in [-0.2, 0) is 19.3 Å². The van der Waals surface area contributed by atoms with E-state index in [-0.39, 0.29) is 0 Å². The highest BCUT2D eigenvalue weighted by molar-refractivity contribution is 5.46. The zero-order chi connectivity index (χ0) is 13.6. The Morgan fingerprint density at radius 1 is 1.10 bits per heavy atom. The van der Waals surface area contributed by atoms with Crippen molar-refractivity contribution in [2.24, 2.45) is 0 Å². The van der Waals surface area contributed by atoms with E-state index in [0.29, 0.717) is 0 Å². The van der Waals surface area contributed by atoms with Gasteiger partial charge in [0.1, 0.15) is 18.0 Å². The number of hydrogen-bond donors (Lipinski definition) is 2. The third-order valence-corrected chi connectivity index (χ3v) is 3.81. The van der Waals surface area contributed by atoms with Gasteiger partial charge in [0.05, 0.1) is 0 Å². The number of hydrogen-bond acceptors (Lipinski definition) is 4. The average Bonchev–Trinajstić information content (AvgIpc) is 2.87. The monoisotopic (exact) mass is 271 g/mol. The molecular weight excluding hydrogens is 250 g/mol. The number of H-pyrrole nitrogens is 1. The van der Waals surface area contributed by atoms with Crippen LogP contribution in [0.5, 0.6) is 0 Å². The molecule has 3 rings (SSSR count). The highest BCUT2D eigenvalue weighted by Gasteiger charge is 2.13. The van der Waals surface area contributed by atoms with Gasteiger partial charge in [0.2, 0.25) is 0 Å². The normalized spacial score (nSPS) is 14.6. The van der Waals surface area contributed by atoms with Crippen LogP contribution in [0.2, 0.25) is 0 Å². The summed E-state index contributed by atoms with van der Waals surface area (Å²) in [6, 6.07) is 0. The Balaban J connectivity index is 1.57. The second kappa shape index (κ2) is 6.50. The van der Waals surface area contributed by atoms with E-state index < -0.39 is 0 Å². The van der Waals surface area contributed by atoms with Crippen LogP contribution in [0.4, 0.5) is 5.82 Å². The van der Waals surface area contributed by atoms with Crippen molar-refractivity contribution >= 4 is 5.82 Å². The fourth-order valence-electron chi connectivity index (χ4n) is 2.75. The predicted octanol–water partition coefficient (Wildman–Crippen LogP) is 2.51. The lowest BCUT2D eigenvalue weighted by Gasteiger charge is -2.12. The first-order chi connectivity index (χ1) is 9.93. The lowest BCUT2D eigenvalue weighted by atomic mass is 10.1. The summed E-state index contributed by atoms with van der Waals surface area (Å²) in [5, 5.41) is 3.47. The van der Waals surface area contributed by atoms with Gasteiger partial charge in [-0.15, -0.1) is 0 Å². The summed E-state index contributed by atoms with van der Waals surface area (Å²) < 4.78 is 0. The van der Waals surface area contributed by atoms with Gasteiger partial charge < -0.3 is 10.3 Å². The third kappa shape index (κ3) is 3.15. The number of nitrogens with one attached hydrogen (secondary N) is 2. The molecule has 20 heavy (non-hydrogen) atoms. The molecule has 0 unspecified atom stereocenters. The highest BCUT2D eigenvalue weighted by atomic mass is 15.0. The fraction of sp³-hybridized carbons (Fsp3) is 0.533. The summed E-state index contributed by atoms with van der Waals surface area (Å²) in [6.07, 6.45) is 13.4. The maximum atomic E-state index is 4.44. The molecule has 1 aliphatic carbocycles. The summed E-state index contributed by atoms with van der Waals surface area (Å²) in [5.41, 5.74) is 2.58. The maximum Gasteiger partial charge on any atom is 0.132 e. The number of aromatic nitrogens is 4. The van der Waals surface area contributed by atoms with Crippen molar-refractivity contribution in [2.75, 3.05) is 11.9 Å². The van der Waals surface area contributed by atoms with Crippen LogP contribution in [0.25, 0.3) is 0 Å². The van der Waals surface area contributed by atoms with Gasteiger partial charge in [-0.05, 0) is 32.1 Å². The smallest absolute Gasteiger partial charge is 0.132 e. The van der Waals surface area contributed by atoms with E-state index in [1.165, 1.54) is 30.5 Å². The molecule has 0 bridgehead atoms. The zero-order valence-corrected chi connectivity index (χ0v) is 11.7. The minimum Gasteiger partial charge on any atom is -0.370 e. The fourth-order valence-corrected chi connectivity index (χ4v) is 2.75. The summed E-state index contributed by atoms with van der Waals surface area (Å²) in [4.78, 5) is 16.2. The molecule has 0 amide bonds. The summed E-state index contributed by atoms with van der Waals surface area (Å²) in [7, 11) is 0. The average molecular weight is 271 g/mol. The Morgan fingerprint density at radius 3 is 2.95 bits per heavy atom. The van der Waals surface area contributed by atoms with Gasteiger partial charge in [-0.25, -0.2) is 15.0 Å². The molecule has 2 aromatic heterocycles. The van der Waals surface area contributed by atoms with Crippen LogP contribution in [0.15, 0.2) is 18.7 Å². The molecule has 0 atom stereocenters. The predicted molar refractivity (Wildman–Crippen MR) is 78.7 cm³/mol. The molecule has 0 spiro atoms. The molecule has 5 heteroatoms. The molecule has 0 fully saturated rings. The molecule has 0 aromatic carbocycles. The molecular formula is C15H21N5. The van der Waals surface area contributed by atoms with E-state index in [9.17, 15) is 0 Å². The van der Waals surface area contributed by atoms with Crippen molar-refractivity contribution in [3.63, 3.8) is 0 Å². The minimum absolute atomic E-state index is 0.921. The molecule has 5 nitrogen and oxygen atoms in total. The number of aryl methyl sites for hydroxylation is 2. The minimum atomic E-state index is 0.921. The van der Waals surface area contributed by atoms with Gasteiger partial charge in [-0.1, -0.05) is 6.42 Å². The lowest BCUT2D eigenvalue weighted by molar-refractivity contribution is 0.708. The first kappa shape index (κ1) is 13.1. The molecule has 0 saturated heterocycles. The molecule has 1 aliphatic rings. The van der Waals surface area contributed by atoms with Gasteiger partial charge in [0, 0.05) is 36.6 Å². The SMILES string of the molecule is c1c[nH]c(CCCNc2ncnc3c2CCCCC3)n1. The molecule has 106 valence electrons. The van der Waals surface area contributed by atoms with Gasteiger partial charge in [0.15, 0.2) is 0 Å². The molecule has 0 saturated carbocycles. The number of imidazole rings is 1. The van der Waals surface area contributed by atoms with Gasteiger partial charge >= 0.3 is 0 Å². The van der Waals surface area contributed by atoms with Crippen molar-refractivity contribution in [3.8, 4) is 0 Å². The number of rotatable bonds is 5. The number of aromatic amines is 1. The van der Waals surface area contributed by atoms with Crippen LogP contribution in [0.1, 0.15) is 42.8 Å². The summed E-state index contributed by atoms with van der Waals surface area (Å²) in [6.45, 7) is 0.921. The Bertz CT molecular complexity index is 535. The first-order valence-electron chi connectivity index (χ1n) is 7.48. The Hall–Kier alpha value is -1.91. The molecule has 2 heterocycles. The van der Waals surface area contributed by atoms with E-state index in [1.807, 2.05) is 6.20 Å². The van der Waals surface area contributed by atoms with Crippen LogP contribution >= 0.6 is 0 Å². The molecule has 0 radical (unpaired) electrons. The number of nitrogens with zero attached hydrogens (tertiary/aromatic N) is 3. The standard InChI is InChI=1S/C15H21N5/c1-2-5-12-13(6-3-1)19-11-20-15(12)18-8-4-7-14-16-9-10-17-14/h9-11H,1-8H2,(H,16,17)(H,18,19,20). The summed E-state index contributed by atoms with van der Waals surface area (Å²) >= 11 is 0. The van der Waals surface area contributed by atoms with Gasteiger partial charge in [-0.2, -0.15) is 0 Å². The zero-order valence-electron chi connectivity index (χ0n) is 11.7. The van der Waals surface area contributed by atoms with Crippen molar-refractivity contribution in [3.05, 3.63) is 35.8 Å². The van der Waals surface area contributed by atoms with Crippen molar-refractivity contribution in [2.45, 2.75) is 44.9 Å². The Kier molecular flexibility index (Phi) is 4.25. The number of fused-ring (bicyclic) bond motifs is 1. The van der Waals surface area contributed by atoms with E-state index in [0.717, 1.165) is 43.9 Å². The van der Waals surface area contributed by atoms with Crippen LogP contribution < -0.4 is 5.32 Å². The van der Waals surface area contributed by atoms with Crippen LogP contribution in [0, 0.1) is 0 Å². The van der Waals surface area contributed by atoms with Gasteiger partial charge in [0.25, 0.3) is 0 Å². The highest BCUT2D eigenvalue weighted by Crippen LogP contribution is 2.23.